The molecule has 4 atom stereocenters. The molecule has 3 rings (SSSR count). The summed E-state index contributed by atoms with van der Waals surface area (Å²) in [6.07, 6.45) is 2.31. The predicted octanol–water partition coefficient (Wildman–Crippen LogP) is 3.61. The fourth-order valence-corrected chi connectivity index (χ4v) is 4.32. The Morgan fingerprint density at radius 1 is 1.16 bits per heavy atom. The smallest absolute Gasteiger partial charge is 0.338 e. The number of hydrogen-bond acceptors (Lipinski definition) is 4. The van der Waals surface area contributed by atoms with Crippen molar-refractivity contribution in [1.29, 1.82) is 0 Å². The van der Waals surface area contributed by atoms with Crippen LogP contribution in [-0.4, -0.2) is 62.1 Å². The van der Waals surface area contributed by atoms with Gasteiger partial charge in [-0.1, -0.05) is 11.6 Å². The summed E-state index contributed by atoms with van der Waals surface area (Å²) in [6, 6.07) is 7.40. The number of carbonyl (C=O) groups is 1. The van der Waals surface area contributed by atoms with Crippen LogP contribution < -0.4 is 0 Å². The number of ether oxygens (including phenoxy) is 1. The van der Waals surface area contributed by atoms with Crippen LogP contribution in [0.3, 0.4) is 0 Å². The molecule has 1 saturated carbocycles. The highest BCUT2D eigenvalue weighted by Gasteiger charge is 2.46. The van der Waals surface area contributed by atoms with Crippen LogP contribution in [0.25, 0.3) is 0 Å². The molecule has 1 saturated heterocycles. The van der Waals surface area contributed by atoms with Gasteiger partial charge in [0.25, 0.3) is 0 Å². The molecule has 0 aromatic heterocycles. The molecule has 2 bridgehead atoms. The molecule has 4 nitrogen and oxygen atoms in total. The second-order valence-corrected chi connectivity index (χ2v) is 7.57. The highest BCUT2D eigenvalue weighted by Crippen LogP contribution is 2.38. The predicted molar refractivity (Wildman–Crippen MR) is 106 cm³/mol. The molecule has 25 heavy (non-hydrogen) atoms. The molecule has 0 spiro atoms. The van der Waals surface area contributed by atoms with E-state index in [1.807, 2.05) is 0 Å². The zero-order chi connectivity index (χ0) is 16.6. The number of carbonyl (C=O) groups excluding carboxylic acids is 1. The molecule has 1 aliphatic heterocycles. The maximum absolute atomic E-state index is 12.5. The van der Waals surface area contributed by atoms with E-state index < -0.39 is 0 Å². The summed E-state index contributed by atoms with van der Waals surface area (Å²) in [7, 11) is 6.41. The van der Waals surface area contributed by atoms with Crippen molar-refractivity contribution in [2.75, 3.05) is 34.2 Å². The molecule has 2 aliphatic rings. The number of likely N-dealkylation sites (tertiary alicyclic amines) is 1. The fourth-order valence-electron chi connectivity index (χ4n) is 4.19. The van der Waals surface area contributed by atoms with Crippen LogP contribution in [-0.2, 0) is 4.74 Å². The summed E-state index contributed by atoms with van der Waals surface area (Å²) in [5.41, 5.74) is 0.577. The minimum Gasteiger partial charge on any atom is -0.458 e. The van der Waals surface area contributed by atoms with Gasteiger partial charge in [0.1, 0.15) is 6.10 Å². The molecule has 0 amide bonds. The molecule has 142 valence electrons. The van der Waals surface area contributed by atoms with E-state index in [0.717, 1.165) is 19.5 Å². The Morgan fingerprint density at radius 3 is 2.40 bits per heavy atom. The number of fused-ring (bicyclic) bond motifs is 2. The Labute approximate surface area is 167 Å². The lowest BCUT2D eigenvalue weighted by molar-refractivity contribution is -0.0873. The van der Waals surface area contributed by atoms with Gasteiger partial charge in [-0.25, -0.2) is 4.79 Å². The van der Waals surface area contributed by atoms with Crippen LogP contribution in [0.2, 0.25) is 5.02 Å². The quantitative estimate of drug-likeness (QED) is 0.714. The summed E-state index contributed by atoms with van der Waals surface area (Å²) < 4.78 is 5.98. The van der Waals surface area contributed by atoms with E-state index in [0.29, 0.717) is 28.5 Å². The minimum absolute atomic E-state index is 0. The van der Waals surface area contributed by atoms with E-state index in [2.05, 4.69) is 30.9 Å². The third-order valence-electron chi connectivity index (χ3n) is 5.27. The highest BCUT2D eigenvalue weighted by molar-refractivity contribution is 6.30. The normalized spacial score (nSPS) is 28.7. The summed E-state index contributed by atoms with van der Waals surface area (Å²) in [5, 5.41) is 0.630. The van der Waals surface area contributed by atoms with Crippen LogP contribution in [0.5, 0.6) is 0 Å². The van der Waals surface area contributed by atoms with Crippen molar-refractivity contribution in [3.8, 4) is 0 Å². The molecule has 2 fully saturated rings. The number of hydrogen-bond donors (Lipinski definition) is 0. The summed E-state index contributed by atoms with van der Waals surface area (Å²) in [5.74, 6) is 0.579. The van der Waals surface area contributed by atoms with Gasteiger partial charge < -0.3 is 14.5 Å². The summed E-state index contributed by atoms with van der Waals surface area (Å²) in [4.78, 5) is 17.2. The van der Waals surface area contributed by atoms with Gasteiger partial charge in [0, 0.05) is 36.0 Å². The van der Waals surface area contributed by atoms with Crippen LogP contribution in [0.15, 0.2) is 24.3 Å². The van der Waals surface area contributed by atoms with Crippen LogP contribution >= 0.6 is 36.4 Å². The fraction of sp³-hybridized carbons (Fsp3) is 0.611. The lowest BCUT2D eigenvalue weighted by atomic mass is 9.72. The van der Waals surface area contributed by atoms with E-state index in [1.54, 1.807) is 24.3 Å². The van der Waals surface area contributed by atoms with Crippen LogP contribution in [0.1, 0.15) is 23.2 Å². The average Bonchev–Trinajstić information content (AvgIpc) is 2.48. The van der Waals surface area contributed by atoms with E-state index in [1.165, 1.54) is 6.42 Å². The van der Waals surface area contributed by atoms with E-state index in [-0.39, 0.29) is 36.9 Å². The van der Waals surface area contributed by atoms with Crippen LogP contribution in [0, 0.1) is 11.8 Å². The van der Waals surface area contributed by atoms with Gasteiger partial charge in [-0.05, 0) is 58.3 Å². The standard InChI is InChI=1S/C18H25ClN2O2.2ClH/c1-20(2)16-9-6-13-10-21(3)11-15(16)17(13)23-18(22)12-4-7-14(19)8-5-12;;/h4-5,7-8,13,15-17H,6,9-11H2,1-3H3;2*1H/t13?,15?,16-,17+;;/m0../s1. The lowest BCUT2D eigenvalue weighted by Gasteiger charge is -2.50. The molecule has 2 unspecified atom stereocenters. The van der Waals surface area contributed by atoms with Gasteiger partial charge in [0.15, 0.2) is 0 Å². The van der Waals surface area contributed by atoms with Crippen molar-refractivity contribution in [2.24, 2.45) is 11.8 Å². The molecular weight excluding hydrogens is 383 g/mol. The van der Waals surface area contributed by atoms with Gasteiger partial charge in [-0.15, -0.1) is 24.8 Å². The van der Waals surface area contributed by atoms with Crippen molar-refractivity contribution in [3.05, 3.63) is 34.9 Å². The largest absolute Gasteiger partial charge is 0.458 e. The number of nitrogens with zero attached hydrogens (tertiary/aromatic N) is 2. The van der Waals surface area contributed by atoms with Crippen molar-refractivity contribution in [3.63, 3.8) is 0 Å². The topological polar surface area (TPSA) is 32.8 Å². The number of piperidine rings is 1. The van der Waals surface area contributed by atoms with Crippen molar-refractivity contribution in [2.45, 2.75) is 25.0 Å². The Morgan fingerprint density at radius 2 is 1.80 bits per heavy atom. The molecule has 0 radical (unpaired) electrons. The first-order valence-electron chi connectivity index (χ1n) is 8.27. The second-order valence-electron chi connectivity index (χ2n) is 7.13. The molecular formula is C18H27Cl3N2O2. The van der Waals surface area contributed by atoms with E-state index in [4.69, 9.17) is 16.3 Å². The second kappa shape index (κ2) is 9.43. The average molecular weight is 410 g/mol. The first-order chi connectivity index (χ1) is 11.0. The van der Waals surface area contributed by atoms with Gasteiger partial charge in [-0.3, -0.25) is 0 Å². The number of rotatable bonds is 3. The lowest BCUT2D eigenvalue weighted by Crippen LogP contribution is -2.59. The summed E-state index contributed by atoms with van der Waals surface area (Å²) in [6.45, 7) is 1.99. The third-order valence-corrected chi connectivity index (χ3v) is 5.52. The number of benzene rings is 1. The van der Waals surface area contributed by atoms with Gasteiger partial charge in [0.05, 0.1) is 5.56 Å². The first kappa shape index (κ1) is 22.5. The SMILES string of the molecule is CN1CC2CC[C@H](N(C)C)C(C1)[C@@H]2OC(=O)c1ccc(Cl)cc1.Cl.Cl. The zero-order valence-corrected chi connectivity index (χ0v) is 17.2. The molecule has 7 heteroatoms. The minimum atomic E-state index is -0.231. The van der Waals surface area contributed by atoms with Gasteiger partial charge >= 0.3 is 5.97 Å². The summed E-state index contributed by atoms with van der Waals surface area (Å²) >= 11 is 5.89. The third kappa shape index (κ3) is 5.01. The molecule has 1 heterocycles. The number of halogens is 3. The zero-order valence-electron chi connectivity index (χ0n) is 14.9. The monoisotopic (exact) mass is 408 g/mol. The molecule has 1 aromatic carbocycles. The van der Waals surface area contributed by atoms with Crippen LogP contribution in [0.4, 0.5) is 0 Å². The highest BCUT2D eigenvalue weighted by atomic mass is 35.5. The molecule has 0 N–H and O–H groups in total. The van der Waals surface area contributed by atoms with E-state index in [9.17, 15) is 4.79 Å². The van der Waals surface area contributed by atoms with Crippen molar-refractivity contribution < 1.29 is 9.53 Å². The number of esters is 1. The Bertz CT molecular complexity index is 568. The maximum atomic E-state index is 12.5. The Kier molecular flexibility index (Phi) is 8.49. The maximum Gasteiger partial charge on any atom is 0.338 e. The molecule has 1 aliphatic carbocycles. The Balaban J connectivity index is 0.00000156. The Hall–Kier alpha value is -0.520. The van der Waals surface area contributed by atoms with Gasteiger partial charge in [-0.2, -0.15) is 0 Å². The van der Waals surface area contributed by atoms with Gasteiger partial charge in [0.2, 0.25) is 0 Å². The van der Waals surface area contributed by atoms with E-state index >= 15 is 0 Å². The molecule has 1 aromatic rings. The first-order valence-corrected chi connectivity index (χ1v) is 8.65. The van der Waals surface area contributed by atoms with Crippen molar-refractivity contribution in [1.82, 2.24) is 9.80 Å². The van der Waals surface area contributed by atoms with Crippen molar-refractivity contribution >= 4 is 42.4 Å².